The number of aryl methyl sites for hydroxylation is 2. The SMILES string of the molecule is CC(=O)CCc1nc2ccc(-c3cnc(OC(F)F)cc3C)cc2s1. The Morgan fingerprint density at radius 2 is 2.12 bits per heavy atom. The number of halogens is 2. The molecule has 25 heavy (non-hydrogen) atoms. The molecule has 0 radical (unpaired) electrons. The molecule has 0 atom stereocenters. The number of alkyl halides is 2. The molecule has 0 spiro atoms. The van der Waals surface area contributed by atoms with Crippen molar-refractivity contribution < 1.29 is 18.3 Å². The minimum atomic E-state index is -2.89. The highest BCUT2D eigenvalue weighted by molar-refractivity contribution is 7.18. The van der Waals surface area contributed by atoms with Crippen LogP contribution in [0.1, 0.15) is 23.9 Å². The summed E-state index contributed by atoms with van der Waals surface area (Å²) >= 11 is 1.56. The molecule has 3 aromatic rings. The summed E-state index contributed by atoms with van der Waals surface area (Å²) in [5, 5.41) is 0.929. The van der Waals surface area contributed by atoms with E-state index in [0.717, 1.165) is 31.9 Å². The Morgan fingerprint density at radius 3 is 2.80 bits per heavy atom. The molecule has 0 aliphatic rings. The molecule has 0 unspecified atom stereocenters. The number of Topliss-reactive ketones (excluding diaryl/α,β-unsaturated/α-hetero) is 1. The van der Waals surface area contributed by atoms with Crippen LogP contribution in [0.3, 0.4) is 0 Å². The van der Waals surface area contributed by atoms with Crippen molar-refractivity contribution in [3.63, 3.8) is 0 Å². The summed E-state index contributed by atoms with van der Waals surface area (Å²) in [5.74, 6) is 0.0504. The van der Waals surface area contributed by atoms with Crippen molar-refractivity contribution in [2.75, 3.05) is 0 Å². The van der Waals surface area contributed by atoms with Gasteiger partial charge in [-0.15, -0.1) is 11.3 Å². The van der Waals surface area contributed by atoms with Crippen LogP contribution >= 0.6 is 11.3 Å². The average Bonchev–Trinajstić information content (AvgIpc) is 2.94. The normalized spacial score (nSPS) is 11.2. The topological polar surface area (TPSA) is 52.1 Å². The van der Waals surface area contributed by atoms with Gasteiger partial charge >= 0.3 is 6.61 Å². The van der Waals surface area contributed by atoms with Crippen molar-refractivity contribution in [3.05, 3.63) is 41.0 Å². The van der Waals surface area contributed by atoms with E-state index in [1.54, 1.807) is 18.3 Å². The first-order chi connectivity index (χ1) is 11.9. The lowest BCUT2D eigenvalue weighted by Gasteiger charge is -2.08. The third kappa shape index (κ3) is 4.17. The zero-order valence-corrected chi connectivity index (χ0v) is 14.6. The third-order valence-electron chi connectivity index (χ3n) is 3.73. The Balaban J connectivity index is 1.89. The number of carbonyl (C=O) groups excluding carboxylic acids is 1. The van der Waals surface area contributed by atoms with E-state index in [0.29, 0.717) is 12.8 Å². The molecule has 130 valence electrons. The van der Waals surface area contributed by atoms with Crippen molar-refractivity contribution in [2.45, 2.75) is 33.3 Å². The van der Waals surface area contributed by atoms with Crippen LogP contribution in [0.4, 0.5) is 8.78 Å². The van der Waals surface area contributed by atoms with Crippen LogP contribution in [0.2, 0.25) is 0 Å². The van der Waals surface area contributed by atoms with Crippen molar-refractivity contribution in [3.8, 4) is 17.0 Å². The minimum absolute atomic E-state index is 0.0957. The van der Waals surface area contributed by atoms with Gasteiger partial charge in [0, 0.05) is 30.7 Å². The van der Waals surface area contributed by atoms with Crippen LogP contribution in [-0.2, 0) is 11.2 Å². The summed E-state index contributed by atoms with van der Waals surface area (Å²) in [6, 6.07) is 7.34. The third-order valence-corrected chi connectivity index (χ3v) is 4.81. The summed E-state index contributed by atoms with van der Waals surface area (Å²) in [4.78, 5) is 19.6. The van der Waals surface area contributed by atoms with Gasteiger partial charge in [-0.25, -0.2) is 9.97 Å². The average molecular weight is 362 g/mol. The van der Waals surface area contributed by atoms with E-state index >= 15 is 0 Å². The Labute approximate surface area is 147 Å². The van der Waals surface area contributed by atoms with Gasteiger partial charge in [0.05, 0.1) is 15.2 Å². The number of hydrogen-bond acceptors (Lipinski definition) is 5. The highest BCUT2D eigenvalue weighted by atomic mass is 32.1. The summed E-state index contributed by atoms with van der Waals surface area (Å²) in [5.41, 5.74) is 3.46. The maximum atomic E-state index is 12.3. The highest BCUT2D eigenvalue weighted by Crippen LogP contribution is 2.31. The molecule has 1 aromatic carbocycles. The lowest BCUT2D eigenvalue weighted by molar-refractivity contribution is -0.116. The van der Waals surface area contributed by atoms with Gasteiger partial charge in [-0.3, -0.25) is 0 Å². The second kappa shape index (κ2) is 7.23. The van der Waals surface area contributed by atoms with Gasteiger partial charge in [-0.2, -0.15) is 8.78 Å². The van der Waals surface area contributed by atoms with Gasteiger partial charge in [-0.05, 0) is 37.1 Å². The first-order valence-electron chi connectivity index (χ1n) is 7.73. The number of thiazole rings is 1. The number of hydrogen-bond donors (Lipinski definition) is 0. The molecule has 2 aromatic heterocycles. The maximum absolute atomic E-state index is 12.3. The Kier molecular flexibility index (Phi) is 5.03. The zero-order chi connectivity index (χ0) is 18.0. The molecule has 0 aliphatic heterocycles. The molecule has 0 saturated heterocycles. The smallest absolute Gasteiger partial charge is 0.388 e. The quantitative estimate of drug-likeness (QED) is 0.633. The van der Waals surface area contributed by atoms with E-state index in [4.69, 9.17) is 0 Å². The van der Waals surface area contributed by atoms with Crippen LogP contribution in [0.15, 0.2) is 30.5 Å². The highest BCUT2D eigenvalue weighted by Gasteiger charge is 2.11. The molecule has 7 heteroatoms. The lowest BCUT2D eigenvalue weighted by Crippen LogP contribution is -2.03. The maximum Gasteiger partial charge on any atom is 0.388 e. The number of ketones is 1. The van der Waals surface area contributed by atoms with E-state index in [1.807, 2.05) is 25.1 Å². The molecule has 0 saturated carbocycles. The summed E-state index contributed by atoms with van der Waals surface area (Å²) in [7, 11) is 0. The van der Waals surface area contributed by atoms with Gasteiger partial charge in [0.1, 0.15) is 5.78 Å². The largest absolute Gasteiger partial charge is 0.417 e. The van der Waals surface area contributed by atoms with Crippen molar-refractivity contribution in [1.82, 2.24) is 9.97 Å². The molecular weight excluding hydrogens is 346 g/mol. The number of nitrogens with zero attached hydrogens (tertiary/aromatic N) is 2. The van der Waals surface area contributed by atoms with Crippen LogP contribution in [0.25, 0.3) is 21.3 Å². The van der Waals surface area contributed by atoms with Crippen LogP contribution in [0.5, 0.6) is 5.88 Å². The predicted molar refractivity (Wildman–Crippen MR) is 93.2 cm³/mol. The molecule has 0 fully saturated rings. The van der Waals surface area contributed by atoms with Crippen LogP contribution in [0, 0.1) is 6.92 Å². The van der Waals surface area contributed by atoms with Crippen molar-refractivity contribution >= 4 is 27.3 Å². The first-order valence-corrected chi connectivity index (χ1v) is 8.55. The molecule has 4 nitrogen and oxygen atoms in total. The van der Waals surface area contributed by atoms with Gasteiger partial charge in [0.25, 0.3) is 0 Å². The summed E-state index contributed by atoms with van der Waals surface area (Å²) in [6.45, 7) is 0.507. The second-order valence-corrected chi connectivity index (χ2v) is 6.82. The van der Waals surface area contributed by atoms with Gasteiger partial charge in [0.15, 0.2) is 0 Å². The van der Waals surface area contributed by atoms with E-state index in [1.165, 1.54) is 12.3 Å². The first kappa shape index (κ1) is 17.4. The van der Waals surface area contributed by atoms with Crippen molar-refractivity contribution in [1.29, 1.82) is 0 Å². The monoisotopic (exact) mass is 362 g/mol. The lowest BCUT2D eigenvalue weighted by atomic mass is 10.0. The molecule has 3 rings (SSSR count). The standard InChI is InChI=1S/C18H16F2N2O2S/c1-10-7-16(24-18(19)20)21-9-13(10)12-4-5-14-15(8-12)25-17(22-14)6-3-11(2)23/h4-5,7-9,18H,3,6H2,1-2H3. The Hall–Kier alpha value is -2.41. The zero-order valence-electron chi connectivity index (χ0n) is 13.8. The Morgan fingerprint density at radius 1 is 1.32 bits per heavy atom. The molecule has 0 amide bonds. The summed E-state index contributed by atoms with van der Waals surface area (Å²) in [6.07, 6.45) is 2.66. The summed E-state index contributed by atoms with van der Waals surface area (Å²) < 4.78 is 29.9. The molecule has 0 bridgehead atoms. The van der Waals surface area contributed by atoms with Gasteiger partial charge < -0.3 is 9.53 Å². The number of fused-ring (bicyclic) bond motifs is 1. The van der Waals surface area contributed by atoms with E-state index in [-0.39, 0.29) is 11.7 Å². The minimum Gasteiger partial charge on any atom is -0.417 e. The van der Waals surface area contributed by atoms with Crippen molar-refractivity contribution in [2.24, 2.45) is 0 Å². The number of aromatic nitrogens is 2. The number of pyridine rings is 1. The van der Waals surface area contributed by atoms with E-state index < -0.39 is 6.61 Å². The predicted octanol–water partition coefficient (Wildman–Crippen LogP) is 4.79. The second-order valence-electron chi connectivity index (χ2n) is 5.71. The number of benzene rings is 1. The fraction of sp³-hybridized carbons (Fsp3) is 0.278. The number of carbonyl (C=O) groups is 1. The molecule has 0 N–H and O–H groups in total. The Bertz CT molecular complexity index is 925. The van der Waals surface area contributed by atoms with Gasteiger partial charge in [-0.1, -0.05) is 6.07 Å². The van der Waals surface area contributed by atoms with Gasteiger partial charge in [0.2, 0.25) is 5.88 Å². The van der Waals surface area contributed by atoms with Crippen LogP contribution in [-0.4, -0.2) is 22.4 Å². The molecule has 2 heterocycles. The molecular formula is C18H16F2N2O2S. The number of rotatable bonds is 6. The van der Waals surface area contributed by atoms with E-state index in [2.05, 4.69) is 14.7 Å². The molecule has 0 aliphatic carbocycles. The number of ether oxygens (including phenoxy) is 1. The van der Waals surface area contributed by atoms with E-state index in [9.17, 15) is 13.6 Å². The fourth-order valence-electron chi connectivity index (χ4n) is 2.52. The van der Waals surface area contributed by atoms with Crippen LogP contribution < -0.4 is 4.74 Å². The fourth-order valence-corrected chi connectivity index (χ4v) is 3.52.